The van der Waals surface area contributed by atoms with Crippen molar-refractivity contribution >= 4 is 17.7 Å². The van der Waals surface area contributed by atoms with E-state index in [4.69, 9.17) is 10.5 Å². The Kier molecular flexibility index (Phi) is 5.60. The van der Waals surface area contributed by atoms with Crippen molar-refractivity contribution in [3.8, 4) is 5.75 Å². The van der Waals surface area contributed by atoms with Crippen molar-refractivity contribution in [1.29, 1.82) is 0 Å². The Morgan fingerprint density at radius 1 is 1.21 bits per heavy atom. The highest BCUT2D eigenvalue weighted by molar-refractivity contribution is 5.95. The van der Waals surface area contributed by atoms with Gasteiger partial charge in [-0.1, -0.05) is 19.9 Å². The van der Waals surface area contributed by atoms with Crippen molar-refractivity contribution in [2.75, 3.05) is 32.8 Å². The summed E-state index contributed by atoms with van der Waals surface area (Å²) in [5.74, 6) is -0.249. The van der Waals surface area contributed by atoms with E-state index < -0.39 is 11.4 Å². The van der Waals surface area contributed by atoms with Gasteiger partial charge in [0.15, 0.2) is 6.61 Å². The topological polar surface area (TPSA) is 114 Å². The maximum absolute atomic E-state index is 12.9. The molecule has 0 unspecified atom stereocenters. The van der Waals surface area contributed by atoms with E-state index >= 15 is 0 Å². The van der Waals surface area contributed by atoms with Crippen LogP contribution in [0.25, 0.3) is 0 Å². The van der Waals surface area contributed by atoms with Gasteiger partial charge >= 0.3 is 0 Å². The molecular weight excluding hydrogens is 360 g/mol. The van der Waals surface area contributed by atoms with Gasteiger partial charge in [0.2, 0.25) is 5.91 Å². The summed E-state index contributed by atoms with van der Waals surface area (Å²) in [6, 6.07) is 6.70. The van der Waals surface area contributed by atoms with Gasteiger partial charge in [0.05, 0.1) is 0 Å². The molecule has 8 heteroatoms. The van der Waals surface area contributed by atoms with Gasteiger partial charge in [-0.15, -0.1) is 0 Å². The summed E-state index contributed by atoms with van der Waals surface area (Å²) in [5.41, 5.74) is 4.95. The predicted octanol–water partition coefficient (Wildman–Crippen LogP) is 0.271. The van der Waals surface area contributed by atoms with Crippen LogP contribution < -0.4 is 21.1 Å². The fraction of sp³-hybridized carbons (Fsp3) is 0.550. The SMILES string of the molecule is CC1(C)CNC(=O)C2(CCN(C(=O)c3cccc(OCC(N)=O)c3)CC2)NC1. The molecular formula is C20H28N4O4. The first-order chi connectivity index (χ1) is 13.2. The molecule has 0 radical (unpaired) electrons. The molecule has 0 bridgehead atoms. The molecule has 0 aliphatic carbocycles. The third kappa shape index (κ3) is 4.44. The lowest BCUT2D eigenvalue weighted by Crippen LogP contribution is -2.61. The van der Waals surface area contributed by atoms with E-state index in [2.05, 4.69) is 24.5 Å². The second-order valence-corrected chi connectivity index (χ2v) is 8.36. The molecule has 2 heterocycles. The van der Waals surface area contributed by atoms with Gasteiger partial charge in [-0.25, -0.2) is 0 Å². The average Bonchev–Trinajstić information content (AvgIpc) is 2.79. The van der Waals surface area contributed by atoms with Gasteiger partial charge in [-0.2, -0.15) is 0 Å². The van der Waals surface area contributed by atoms with Crippen molar-refractivity contribution in [3.63, 3.8) is 0 Å². The second-order valence-electron chi connectivity index (χ2n) is 8.36. The third-order valence-electron chi connectivity index (χ3n) is 5.43. The largest absolute Gasteiger partial charge is 0.484 e. The summed E-state index contributed by atoms with van der Waals surface area (Å²) < 4.78 is 5.27. The Morgan fingerprint density at radius 3 is 2.61 bits per heavy atom. The molecule has 2 aliphatic rings. The number of primary amides is 1. The first-order valence-electron chi connectivity index (χ1n) is 9.55. The van der Waals surface area contributed by atoms with Gasteiger partial charge in [0.25, 0.3) is 11.8 Å². The summed E-state index contributed by atoms with van der Waals surface area (Å²) in [6.07, 6.45) is 1.14. The number of hydrogen-bond donors (Lipinski definition) is 3. The Balaban J connectivity index is 1.64. The highest BCUT2D eigenvalue weighted by Crippen LogP contribution is 2.28. The number of amides is 3. The molecule has 1 aromatic carbocycles. The standard InChI is InChI=1S/C20H28N4O4/c1-19(2)12-22-18(27)20(23-13-19)6-8-24(9-7-20)17(26)14-4-3-5-15(10-14)28-11-16(21)25/h3-5,10,23H,6-9,11-13H2,1-2H3,(H2,21,25)(H,22,27). The van der Waals surface area contributed by atoms with Crippen LogP contribution in [0, 0.1) is 5.41 Å². The second kappa shape index (κ2) is 7.79. The lowest BCUT2D eigenvalue weighted by molar-refractivity contribution is -0.128. The summed E-state index contributed by atoms with van der Waals surface area (Å²) >= 11 is 0. The highest BCUT2D eigenvalue weighted by atomic mass is 16.5. The molecule has 28 heavy (non-hydrogen) atoms. The van der Waals surface area contributed by atoms with Crippen LogP contribution in [0.5, 0.6) is 5.75 Å². The molecule has 2 aliphatic heterocycles. The summed E-state index contributed by atoms with van der Waals surface area (Å²) in [7, 11) is 0. The molecule has 2 saturated heterocycles. The van der Waals surface area contributed by atoms with Gasteiger partial charge in [0, 0.05) is 31.7 Å². The predicted molar refractivity (Wildman–Crippen MR) is 104 cm³/mol. The van der Waals surface area contributed by atoms with Crippen LogP contribution in [0.2, 0.25) is 0 Å². The zero-order chi connectivity index (χ0) is 20.4. The number of piperidine rings is 1. The molecule has 1 aromatic rings. The molecule has 2 fully saturated rings. The average molecular weight is 388 g/mol. The quantitative estimate of drug-likeness (QED) is 0.685. The Morgan fingerprint density at radius 2 is 1.93 bits per heavy atom. The van der Waals surface area contributed by atoms with E-state index in [9.17, 15) is 14.4 Å². The molecule has 0 atom stereocenters. The lowest BCUT2D eigenvalue weighted by atomic mass is 9.85. The van der Waals surface area contributed by atoms with E-state index in [1.165, 1.54) is 0 Å². The van der Waals surface area contributed by atoms with E-state index in [1.54, 1.807) is 29.2 Å². The first-order valence-corrected chi connectivity index (χ1v) is 9.55. The van der Waals surface area contributed by atoms with Gasteiger partial charge < -0.3 is 26.0 Å². The first kappa shape index (κ1) is 20.1. The number of carbonyl (C=O) groups excluding carboxylic acids is 3. The smallest absolute Gasteiger partial charge is 0.255 e. The number of rotatable bonds is 4. The van der Waals surface area contributed by atoms with Crippen LogP contribution in [0.15, 0.2) is 24.3 Å². The zero-order valence-electron chi connectivity index (χ0n) is 16.4. The van der Waals surface area contributed by atoms with Crippen LogP contribution in [-0.2, 0) is 9.59 Å². The fourth-order valence-corrected chi connectivity index (χ4v) is 3.59. The molecule has 4 N–H and O–H groups in total. The third-order valence-corrected chi connectivity index (χ3v) is 5.43. The normalized spacial score (nSPS) is 20.9. The van der Waals surface area contributed by atoms with Crippen LogP contribution in [0.1, 0.15) is 37.0 Å². The van der Waals surface area contributed by atoms with Crippen LogP contribution >= 0.6 is 0 Å². The molecule has 152 valence electrons. The van der Waals surface area contributed by atoms with E-state index in [1.807, 2.05) is 0 Å². The number of carbonyl (C=O) groups is 3. The van der Waals surface area contributed by atoms with Crippen LogP contribution in [0.4, 0.5) is 0 Å². The van der Waals surface area contributed by atoms with Gasteiger partial charge in [0.1, 0.15) is 11.3 Å². The molecule has 3 rings (SSSR count). The minimum atomic E-state index is -0.614. The van der Waals surface area contributed by atoms with Crippen molar-refractivity contribution in [2.24, 2.45) is 11.1 Å². The van der Waals surface area contributed by atoms with Crippen LogP contribution in [-0.4, -0.2) is 60.9 Å². The van der Waals surface area contributed by atoms with Crippen LogP contribution in [0.3, 0.4) is 0 Å². The van der Waals surface area contributed by atoms with Gasteiger partial charge in [-0.3, -0.25) is 14.4 Å². The Bertz CT molecular complexity index is 769. The maximum atomic E-state index is 12.9. The van der Waals surface area contributed by atoms with E-state index in [0.29, 0.717) is 43.8 Å². The Hall–Kier alpha value is -2.61. The van der Waals surface area contributed by atoms with E-state index in [0.717, 1.165) is 6.54 Å². The van der Waals surface area contributed by atoms with Gasteiger partial charge in [-0.05, 0) is 36.5 Å². The van der Waals surface area contributed by atoms with Crippen molar-refractivity contribution < 1.29 is 19.1 Å². The molecule has 0 saturated carbocycles. The Labute approximate surface area is 164 Å². The minimum absolute atomic E-state index is 0.00251. The summed E-state index contributed by atoms with van der Waals surface area (Å²) in [6.45, 7) is 6.37. The van der Waals surface area contributed by atoms with Crippen molar-refractivity contribution in [1.82, 2.24) is 15.5 Å². The number of likely N-dealkylation sites (tertiary alicyclic amines) is 1. The summed E-state index contributed by atoms with van der Waals surface area (Å²) in [5, 5.41) is 6.50. The molecule has 8 nitrogen and oxygen atoms in total. The molecule has 3 amide bonds. The number of nitrogens with zero attached hydrogens (tertiary/aromatic N) is 1. The number of hydrogen-bond acceptors (Lipinski definition) is 5. The van der Waals surface area contributed by atoms with E-state index in [-0.39, 0.29) is 23.8 Å². The number of ether oxygens (including phenoxy) is 1. The lowest BCUT2D eigenvalue weighted by Gasteiger charge is -2.40. The number of nitrogens with two attached hydrogens (primary N) is 1. The summed E-state index contributed by atoms with van der Waals surface area (Å²) in [4.78, 5) is 38.2. The maximum Gasteiger partial charge on any atom is 0.255 e. The number of nitrogens with one attached hydrogen (secondary N) is 2. The number of benzene rings is 1. The van der Waals surface area contributed by atoms with Crippen molar-refractivity contribution in [3.05, 3.63) is 29.8 Å². The molecule has 1 spiro atoms. The molecule has 0 aromatic heterocycles. The minimum Gasteiger partial charge on any atom is -0.484 e. The highest BCUT2D eigenvalue weighted by Gasteiger charge is 2.45. The monoisotopic (exact) mass is 388 g/mol. The van der Waals surface area contributed by atoms with Crippen molar-refractivity contribution in [2.45, 2.75) is 32.2 Å². The zero-order valence-corrected chi connectivity index (χ0v) is 16.4. The fourth-order valence-electron chi connectivity index (χ4n) is 3.59.